The van der Waals surface area contributed by atoms with Crippen molar-refractivity contribution in [2.45, 2.75) is 38.3 Å². The number of amides is 2. The molecule has 0 saturated carbocycles. The normalized spacial score (nSPS) is 23.6. The van der Waals surface area contributed by atoms with E-state index in [0.717, 1.165) is 30.3 Å². The number of hydrogen-bond donors (Lipinski definition) is 0. The molecule has 24 heavy (non-hydrogen) atoms. The number of hydrogen-bond acceptors (Lipinski definition) is 2. The van der Waals surface area contributed by atoms with E-state index in [1.807, 2.05) is 30.0 Å². The van der Waals surface area contributed by atoms with Gasteiger partial charge in [-0.25, -0.2) is 0 Å². The first kappa shape index (κ1) is 15.2. The molecule has 2 aromatic carbocycles. The summed E-state index contributed by atoms with van der Waals surface area (Å²) in [4.78, 5) is 29.0. The van der Waals surface area contributed by atoms with Crippen LogP contribution in [0.25, 0.3) is 10.8 Å². The van der Waals surface area contributed by atoms with Gasteiger partial charge in [-0.1, -0.05) is 42.5 Å². The molecular weight excluding hydrogens is 300 g/mol. The van der Waals surface area contributed by atoms with Crippen molar-refractivity contribution in [1.29, 1.82) is 0 Å². The fraction of sp³-hybridized carbons (Fsp3) is 0.400. The van der Waals surface area contributed by atoms with E-state index in [1.54, 1.807) is 4.90 Å². The highest BCUT2D eigenvalue weighted by Crippen LogP contribution is 2.26. The van der Waals surface area contributed by atoms with E-state index >= 15 is 0 Å². The molecule has 124 valence electrons. The highest BCUT2D eigenvalue weighted by molar-refractivity contribution is 5.90. The SMILES string of the molecule is C[C@@H]1C(=O)N2CCC[C@H]2CN1C(=O)Cc1ccc2ccccc2c1. The van der Waals surface area contributed by atoms with Gasteiger partial charge in [-0.05, 0) is 36.1 Å². The number of fused-ring (bicyclic) bond motifs is 2. The molecule has 2 saturated heterocycles. The first-order valence-electron chi connectivity index (χ1n) is 8.71. The third-order valence-electron chi connectivity index (χ3n) is 5.38. The molecule has 0 unspecified atom stereocenters. The summed E-state index contributed by atoms with van der Waals surface area (Å²) in [6, 6.07) is 14.2. The zero-order valence-electron chi connectivity index (χ0n) is 13.9. The third kappa shape index (κ3) is 2.56. The first-order chi connectivity index (χ1) is 11.6. The zero-order chi connectivity index (χ0) is 16.7. The zero-order valence-corrected chi connectivity index (χ0v) is 13.9. The van der Waals surface area contributed by atoms with Crippen molar-refractivity contribution >= 4 is 22.6 Å². The van der Waals surface area contributed by atoms with Crippen LogP contribution in [0.4, 0.5) is 0 Å². The van der Waals surface area contributed by atoms with Crippen molar-refractivity contribution in [3.63, 3.8) is 0 Å². The van der Waals surface area contributed by atoms with Gasteiger partial charge in [0.2, 0.25) is 11.8 Å². The molecule has 0 aromatic heterocycles. The van der Waals surface area contributed by atoms with E-state index in [0.29, 0.717) is 13.0 Å². The van der Waals surface area contributed by atoms with Gasteiger partial charge in [0.25, 0.3) is 0 Å². The molecule has 0 N–H and O–H groups in total. The van der Waals surface area contributed by atoms with Crippen LogP contribution < -0.4 is 0 Å². The summed E-state index contributed by atoms with van der Waals surface area (Å²) in [5, 5.41) is 2.32. The summed E-state index contributed by atoms with van der Waals surface area (Å²) in [5.74, 6) is 0.160. The monoisotopic (exact) mass is 322 g/mol. The minimum Gasteiger partial charge on any atom is -0.336 e. The van der Waals surface area contributed by atoms with Crippen LogP contribution >= 0.6 is 0 Å². The molecule has 4 heteroatoms. The Morgan fingerprint density at radius 2 is 1.96 bits per heavy atom. The molecule has 0 bridgehead atoms. The third-order valence-corrected chi connectivity index (χ3v) is 5.38. The molecule has 2 atom stereocenters. The van der Waals surface area contributed by atoms with Crippen molar-refractivity contribution in [2.24, 2.45) is 0 Å². The molecule has 0 aliphatic carbocycles. The topological polar surface area (TPSA) is 40.6 Å². The Balaban J connectivity index is 1.53. The molecule has 2 heterocycles. The summed E-state index contributed by atoms with van der Waals surface area (Å²) >= 11 is 0. The van der Waals surface area contributed by atoms with Crippen LogP contribution in [-0.2, 0) is 16.0 Å². The molecule has 0 spiro atoms. The maximum Gasteiger partial charge on any atom is 0.245 e. The van der Waals surface area contributed by atoms with Gasteiger partial charge in [0.05, 0.1) is 6.42 Å². The fourth-order valence-corrected chi connectivity index (χ4v) is 4.02. The van der Waals surface area contributed by atoms with Gasteiger partial charge in [-0.15, -0.1) is 0 Å². The van der Waals surface area contributed by atoms with Crippen LogP contribution in [0.15, 0.2) is 42.5 Å². The van der Waals surface area contributed by atoms with Crippen LogP contribution in [0.3, 0.4) is 0 Å². The van der Waals surface area contributed by atoms with E-state index in [1.165, 1.54) is 5.39 Å². The predicted molar refractivity (Wildman–Crippen MR) is 93.6 cm³/mol. The van der Waals surface area contributed by atoms with Crippen molar-refractivity contribution < 1.29 is 9.59 Å². The van der Waals surface area contributed by atoms with E-state index in [9.17, 15) is 9.59 Å². The summed E-state index contributed by atoms with van der Waals surface area (Å²) in [7, 11) is 0. The fourth-order valence-electron chi connectivity index (χ4n) is 4.02. The van der Waals surface area contributed by atoms with Gasteiger partial charge in [-0.3, -0.25) is 9.59 Å². The second-order valence-electron chi connectivity index (χ2n) is 6.91. The highest BCUT2D eigenvalue weighted by atomic mass is 16.2. The lowest BCUT2D eigenvalue weighted by molar-refractivity contribution is -0.152. The second kappa shape index (κ2) is 5.93. The summed E-state index contributed by atoms with van der Waals surface area (Å²) < 4.78 is 0. The number of carbonyl (C=O) groups is 2. The lowest BCUT2D eigenvalue weighted by Crippen LogP contribution is -2.60. The van der Waals surface area contributed by atoms with Gasteiger partial charge >= 0.3 is 0 Å². The molecule has 2 fully saturated rings. The van der Waals surface area contributed by atoms with Gasteiger partial charge in [-0.2, -0.15) is 0 Å². The standard InChI is InChI=1S/C20H22N2O2/c1-14-20(24)21-10-4-7-18(21)13-22(14)19(23)12-15-8-9-16-5-2-3-6-17(16)11-15/h2-3,5-6,8-9,11,14,18H,4,7,10,12-13H2,1H3/t14-,18+/m1/s1. The molecule has 4 rings (SSSR count). The van der Waals surface area contributed by atoms with Crippen molar-refractivity contribution in [3.8, 4) is 0 Å². The Morgan fingerprint density at radius 1 is 1.17 bits per heavy atom. The second-order valence-corrected chi connectivity index (χ2v) is 6.91. The lowest BCUT2D eigenvalue weighted by Gasteiger charge is -2.41. The maximum atomic E-state index is 12.8. The van der Waals surface area contributed by atoms with Crippen LogP contribution in [0.2, 0.25) is 0 Å². The molecule has 0 radical (unpaired) electrons. The van der Waals surface area contributed by atoms with Gasteiger partial charge < -0.3 is 9.80 Å². The molecule has 4 nitrogen and oxygen atoms in total. The number of piperazine rings is 1. The number of nitrogens with zero attached hydrogens (tertiary/aromatic N) is 2. The average Bonchev–Trinajstić information content (AvgIpc) is 3.06. The van der Waals surface area contributed by atoms with Gasteiger partial charge in [0.1, 0.15) is 6.04 Å². The highest BCUT2D eigenvalue weighted by Gasteiger charge is 2.41. The average molecular weight is 322 g/mol. The molecular formula is C20H22N2O2. The minimum atomic E-state index is -0.340. The summed E-state index contributed by atoms with van der Waals surface area (Å²) in [6.07, 6.45) is 2.42. The molecule has 2 aliphatic heterocycles. The predicted octanol–water partition coefficient (Wildman–Crippen LogP) is 2.60. The largest absolute Gasteiger partial charge is 0.336 e. The van der Waals surface area contributed by atoms with Crippen molar-refractivity contribution in [2.75, 3.05) is 13.1 Å². The minimum absolute atomic E-state index is 0.0534. The summed E-state index contributed by atoms with van der Waals surface area (Å²) in [6.45, 7) is 3.38. The quantitative estimate of drug-likeness (QED) is 0.853. The summed E-state index contributed by atoms with van der Waals surface area (Å²) in [5.41, 5.74) is 1.01. The Hall–Kier alpha value is -2.36. The van der Waals surface area contributed by atoms with Gasteiger partial charge in [0.15, 0.2) is 0 Å². The van der Waals surface area contributed by atoms with E-state index in [4.69, 9.17) is 0 Å². The van der Waals surface area contributed by atoms with E-state index in [-0.39, 0.29) is 23.9 Å². The van der Waals surface area contributed by atoms with Crippen molar-refractivity contribution in [3.05, 3.63) is 48.0 Å². The van der Waals surface area contributed by atoms with Crippen molar-refractivity contribution in [1.82, 2.24) is 9.80 Å². The number of rotatable bonds is 2. The molecule has 2 amide bonds. The lowest BCUT2D eigenvalue weighted by atomic mass is 10.0. The van der Waals surface area contributed by atoms with Crippen LogP contribution in [0, 0.1) is 0 Å². The number of benzene rings is 2. The Bertz CT molecular complexity index is 801. The Labute approximate surface area is 142 Å². The Kier molecular flexibility index (Phi) is 3.75. The van der Waals surface area contributed by atoms with Crippen LogP contribution in [-0.4, -0.2) is 46.8 Å². The smallest absolute Gasteiger partial charge is 0.245 e. The number of carbonyl (C=O) groups excluding carboxylic acids is 2. The molecule has 2 aromatic rings. The first-order valence-corrected chi connectivity index (χ1v) is 8.71. The molecule has 2 aliphatic rings. The van der Waals surface area contributed by atoms with E-state index in [2.05, 4.69) is 24.3 Å². The van der Waals surface area contributed by atoms with E-state index < -0.39 is 0 Å². The maximum absolute atomic E-state index is 12.8. The Morgan fingerprint density at radius 3 is 2.79 bits per heavy atom. The van der Waals surface area contributed by atoms with Crippen LogP contribution in [0.1, 0.15) is 25.3 Å². The van der Waals surface area contributed by atoms with Crippen LogP contribution in [0.5, 0.6) is 0 Å². The van der Waals surface area contributed by atoms with Gasteiger partial charge in [0, 0.05) is 19.1 Å².